The van der Waals surface area contributed by atoms with Gasteiger partial charge >= 0.3 is 0 Å². The normalized spacial score (nSPS) is 10.6. The molecule has 0 aliphatic heterocycles. The molecule has 3 aromatic rings. The number of aromatic nitrogens is 4. The second-order valence-corrected chi connectivity index (χ2v) is 3.97. The van der Waals surface area contributed by atoms with Crippen LogP contribution in [0.1, 0.15) is 5.56 Å². The molecule has 0 unspecified atom stereocenters. The standard InChI is InChI=1S/C11H11N7O/c1-6-2-4-7(5-3-6)13-8-9(16-12)15-11-10(14-8)17-19-18-11/h2-5H,12H2,1H3,(H,13,14,17)(H,15,16,18). The largest absolute Gasteiger partial charge is 0.337 e. The van der Waals surface area contributed by atoms with Gasteiger partial charge in [0.1, 0.15) is 0 Å². The molecule has 0 radical (unpaired) electrons. The van der Waals surface area contributed by atoms with E-state index in [4.69, 9.17) is 5.84 Å². The molecule has 0 spiro atoms. The first-order valence-electron chi connectivity index (χ1n) is 5.57. The summed E-state index contributed by atoms with van der Waals surface area (Å²) in [5.74, 6) is 6.23. The van der Waals surface area contributed by atoms with Gasteiger partial charge in [-0.2, -0.15) is 4.98 Å². The fraction of sp³-hybridized carbons (Fsp3) is 0.0909. The third-order valence-corrected chi connectivity index (χ3v) is 2.57. The Bertz CT molecular complexity index is 707. The lowest BCUT2D eigenvalue weighted by Crippen LogP contribution is -2.12. The van der Waals surface area contributed by atoms with E-state index >= 15 is 0 Å². The maximum atomic E-state index is 5.42. The maximum Gasteiger partial charge on any atom is 0.245 e. The molecule has 0 fully saturated rings. The average molecular weight is 257 g/mol. The Morgan fingerprint density at radius 3 is 2.26 bits per heavy atom. The number of hydrogen-bond acceptors (Lipinski definition) is 8. The summed E-state index contributed by atoms with van der Waals surface area (Å²) in [5, 5.41) is 10.4. The van der Waals surface area contributed by atoms with E-state index in [-0.39, 0.29) is 0 Å². The van der Waals surface area contributed by atoms with Gasteiger partial charge in [-0.25, -0.2) is 15.5 Å². The van der Waals surface area contributed by atoms with E-state index in [1.807, 2.05) is 31.2 Å². The molecule has 4 N–H and O–H groups in total. The summed E-state index contributed by atoms with van der Waals surface area (Å²) in [4.78, 5) is 8.38. The van der Waals surface area contributed by atoms with Crippen molar-refractivity contribution in [2.45, 2.75) is 6.92 Å². The van der Waals surface area contributed by atoms with Crippen LogP contribution in [0, 0.1) is 6.92 Å². The number of rotatable bonds is 3. The fourth-order valence-electron chi connectivity index (χ4n) is 1.60. The number of nitrogens with zero attached hydrogens (tertiary/aromatic N) is 4. The molecule has 96 valence electrons. The minimum atomic E-state index is 0.294. The van der Waals surface area contributed by atoms with Gasteiger partial charge in [0.05, 0.1) is 0 Å². The molecule has 0 saturated carbocycles. The van der Waals surface area contributed by atoms with E-state index in [0.717, 1.165) is 5.69 Å². The van der Waals surface area contributed by atoms with Gasteiger partial charge in [-0.15, -0.1) is 0 Å². The number of nitrogens with one attached hydrogen (secondary N) is 2. The molecule has 3 rings (SSSR count). The van der Waals surface area contributed by atoms with Crippen LogP contribution in [-0.2, 0) is 0 Å². The third-order valence-electron chi connectivity index (χ3n) is 2.57. The van der Waals surface area contributed by atoms with E-state index in [9.17, 15) is 0 Å². The van der Waals surface area contributed by atoms with Gasteiger partial charge in [-0.1, -0.05) is 17.7 Å². The first-order valence-corrected chi connectivity index (χ1v) is 5.57. The minimum absolute atomic E-state index is 0.294. The fourth-order valence-corrected chi connectivity index (χ4v) is 1.60. The zero-order chi connectivity index (χ0) is 13.2. The van der Waals surface area contributed by atoms with Crippen molar-refractivity contribution in [1.82, 2.24) is 20.3 Å². The van der Waals surface area contributed by atoms with Crippen molar-refractivity contribution in [3.05, 3.63) is 29.8 Å². The molecular formula is C11H11N7O. The summed E-state index contributed by atoms with van der Waals surface area (Å²) in [6, 6.07) is 7.84. The monoisotopic (exact) mass is 257 g/mol. The van der Waals surface area contributed by atoms with Gasteiger partial charge in [0.15, 0.2) is 11.6 Å². The molecular weight excluding hydrogens is 246 g/mol. The zero-order valence-corrected chi connectivity index (χ0v) is 10.1. The molecule has 0 saturated heterocycles. The lowest BCUT2D eigenvalue weighted by Gasteiger charge is -2.09. The first-order chi connectivity index (χ1) is 9.26. The number of hydrogen-bond donors (Lipinski definition) is 3. The predicted molar refractivity (Wildman–Crippen MR) is 69.7 cm³/mol. The van der Waals surface area contributed by atoms with Gasteiger partial charge in [0.2, 0.25) is 11.3 Å². The number of nitrogens with two attached hydrogens (primary N) is 1. The highest BCUT2D eigenvalue weighted by molar-refractivity contribution is 5.76. The van der Waals surface area contributed by atoms with Crippen LogP contribution in [0.25, 0.3) is 11.3 Å². The quantitative estimate of drug-likeness (QED) is 0.475. The molecule has 0 amide bonds. The van der Waals surface area contributed by atoms with Crippen molar-refractivity contribution < 1.29 is 4.63 Å². The van der Waals surface area contributed by atoms with Crippen molar-refractivity contribution in [2.24, 2.45) is 5.84 Å². The van der Waals surface area contributed by atoms with E-state index in [2.05, 4.69) is 35.7 Å². The van der Waals surface area contributed by atoms with Crippen LogP contribution in [0.2, 0.25) is 0 Å². The summed E-state index contributed by atoms with van der Waals surface area (Å²) in [5.41, 5.74) is 5.11. The van der Waals surface area contributed by atoms with E-state index < -0.39 is 0 Å². The molecule has 19 heavy (non-hydrogen) atoms. The third kappa shape index (κ3) is 2.16. The van der Waals surface area contributed by atoms with Gasteiger partial charge in [-0.3, -0.25) is 0 Å². The Hall–Kier alpha value is -2.74. The molecule has 0 aliphatic carbocycles. The summed E-state index contributed by atoms with van der Waals surface area (Å²) in [6.07, 6.45) is 0. The smallest absolute Gasteiger partial charge is 0.245 e. The van der Waals surface area contributed by atoms with Crippen LogP contribution in [0.15, 0.2) is 28.9 Å². The van der Waals surface area contributed by atoms with E-state index in [1.54, 1.807) is 0 Å². The summed E-state index contributed by atoms with van der Waals surface area (Å²) in [6.45, 7) is 2.02. The van der Waals surface area contributed by atoms with Crippen LogP contribution in [0.4, 0.5) is 17.3 Å². The average Bonchev–Trinajstić information content (AvgIpc) is 2.87. The van der Waals surface area contributed by atoms with Crippen molar-refractivity contribution in [3.8, 4) is 0 Å². The van der Waals surface area contributed by atoms with Gasteiger partial charge < -0.3 is 10.7 Å². The Kier molecular flexibility index (Phi) is 2.69. The van der Waals surface area contributed by atoms with Crippen LogP contribution in [0.5, 0.6) is 0 Å². The lowest BCUT2D eigenvalue weighted by atomic mass is 10.2. The predicted octanol–water partition coefficient (Wildman–Crippen LogP) is 1.35. The number of anilines is 3. The van der Waals surface area contributed by atoms with Crippen molar-refractivity contribution in [2.75, 3.05) is 10.7 Å². The Morgan fingerprint density at radius 2 is 1.63 bits per heavy atom. The Labute approximate surface area is 108 Å². The highest BCUT2D eigenvalue weighted by Crippen LogP contribution is 2.22. The number of benzene rings is 1. The van der Waals surface area contributed by atoms with Crippen molar-refractivity contribution in [1.29, 1.82) is 0 Å². The van der Waals surface area contributed by atoms with Crippen molar-refractivity contribution >= 4 is 28.6 Å². The van der Waals surface area contributed by atoms with Crippen LogP contribution >= 0.6 is 0 Å². The Balaban J connectivity index is 2.00. The van der Waals surface area contributed by atoms with Crippen LogP contribution in [-0.4, -0.2) is 20.3 Å². The molecule has 0 atom stereocenters. The van der Waals surface area contributed by atoms with Gasteiger partial charge in [-0.05, 0) is 29.4 Å². The van der Waals surface area contributed by atoms with Gasteiger partial charge in [0, 0.05) is 5.69 Å². The lowest BCUT2D eigenvalue weighted by molar-refractivity contribution is 0.314. The molecule has 2 aromatic heterocycles. The van der Waals surface area contributed by atoms with Crippen molar-refractivity contribution in [3.63, 3.8) is 0 Å². The number of aryl methyl sites for hydroxylation is 1. The second kappa shape index (κ2) is 4.50. The number of fused-ring (bicyclic) bond motifs is 1. The summed E-state index contributed by atoms with van der Waals surface area (Å²) in [7, 11) is 0. The van der Waals surface area contributed by atoms with E-state index in [1.165, 1.54) is 5.56 Å². The zero-order valence-electron chi connectivity index (χ0n) is 10.1. The molecule has 2 heterocycles. The maximum absolute atomic E-state index is 5.42. The SMILES string of the molecule is Cc1ccc(Nc2nc3nonc3nc2NN)cc1. The molecule has 8 nitrogen and oxygen atoms in total. The summed E-state index contributed by atoms with van der Waals surface area (Å²) >= 11 is 0. The highest BCUT2D eigenvalue weighted by Gasteiger charge is 2.11. The minimum Gasteiger partial charge on any atom is -0.337 e. The topological polar surface area (TPSA) is 115 Å². The van der Waals surface area contributed by atoms with E-state index in [0.29, 0.717) is 22.9 Å². The number of nitrogen functional groups attached to an aromatic ring is 1. The Morgan fingerprint density at radius 1 is 1.00 bits per heavy atom. The summed E-state index contributed by atoms with van der Waals surface area (Å²) < 4.78 is 4.56. The second-order valence-electron chi connectivity index (χ2n) is 3.97. The molecule has 1 aromatic carbocycles. The highest BCUT2D eigenvalue weighted by atomic mass is 16.6. The number of hydrazine groups is 1. The molecule has 8 heteroatoms. The molecule has 0 bridgehead atoms. The molecule has 0 aliphatic rings. The van der Waals surface area contributed by atoms with Crippen LogP contribution in [0.3, 0.4) is 0 Å². The van der Waals surface area contributed by atoms with Gasteiger partial charge in [0.25, 0.3) is 0 Å². The van der Waals surface area contributed by atoms with Crippen LogP contribution < -0.4 is 16.6 Å². The first kappa shape index (κ1) is 11.4.